The number of nitrogens with two attached hydrogens (primary N) is 1. The van der Waals surface area contributed by atoms with Gasteiger partial charge in [-0.2, -0.15) is 0 Å². The molecule has 120 valence electrons. The second kappa shape index (κ2) is 6.32. The molecule has 1 unspecified atom stereocenters. The highest BCUT2D eigenvalue weighted by Gasteiger charge is 2.33. The number of amides is 1. The Morgan fingerprint density at radius 3 is 2.73 bits per heavy atom. The second-order valence-corrected chi connectivity index (χ2v) is 6.81. The SMILES string of the molecule is NS(=O)(=O)C1CCN(C(=O)c2cccc(OCC(=O)O)c2)C1. The third-order valence-electron chi connectivity index (χ3n) is 3.34. The summed E-state index contributed by atoms with van der Waals surface area (Å²) in [7, 11) is -3.66. The molecule has 1 saturated heterocycles. The average molecular weight is 328 g/mol. The van der Waals surface area contributed by atoms with Gasteiger partial charge in [0.15, 0.2) is 6.61 Å². The molecule has 0 saturated carbocycles. The van der Waals surface area contributed by atoms with Crippen molar-refractivity contribution in [2.75, 3.05) is 19.7 Å². The molecule has 1 aliphatic rings. The first-order chi connectivity index (χ1) is 10.3. The average Bonchev–Trinajstić information content (AvgIpc) is 2.94. The van der Waals surface area contributed by atoms with E-state index >= 15 is 0 Å². The van der Waals surface area contributed by atoms with Crippen LogP contribution in [0.25, 0.3) is 0 Å². The first kappa shape index (κ1) is 16.2. The van der Waals surface area contributed by atoms with Gasteiger partial charge in [0.2, 0.25) is 10.0 Å². The van der Waals surface area contributed by atoms with Gasteiger partial charge in [-0.15, -0.1) is 0 Å². The molecule has 1 aromatic carbocycles. The number of hydrogen-bond donors (Lipinski definition) is 2. The predicted octanol–water partition coefficient (Wildman–Crippen LogP) is -0.347. The molecule has 3 N–H and O–H groups in total. The third kappa shape index (κ3) is 3.95. The number of carbonyl (C=O) groups is 2. The fraction of sp³-hybridized carbons (Fsp3) is 0.385. The van der Waals surface area contributed by atoms with Gasteiger partial charge in [-0.05, 0) is 24.6 Å². The number of benzene rings is 1. The van der Waals surface area contributed by atoms with Crippen LogP contribution in [0.1, 0.15) is 16.8 Å². The van der Waals surface area contributed by atoms with Crippen molar-refractivity contribution in [3.63, 3.8) is 0 Å². The van der Waals surface area contributed by atoms with Crippen molar-refractivity contribution < 1.29 is 27.9 Å². The molecule has 2 rings (SSSR count). The summed E-state index contributed by atoms with van der Waals surface area (Å²) in [6.07, 6.45) is 0.305. The molecule has 1 aliphatic heterocycles. The lowest BCUT2D eigenvalue weighted by molar-refractivity contribution is -0.139. The van der Waals surface area contributed by atoms with Gasteiger partial charge in [-0.1, -0.05) is 6.07 Å². The Bertz CT molecular complexity index is 688. The lowest BCUT2D eigenvalue weighted by Crippen LogP contribution is -2.34. The van der Waals surface area contributed by atoms with Crippen LogP contribution in [0.2, 0.25) is 0 Å². The molecular weight excluding hydrogens is 312 g/mol. The zero-order valence-corrected chi connectivity index (χ0v) is 12.5. The molecule has 0 bridgehead atoms. The summed E-state index contributed by atoms with van der Waals surface area (Å²) in [5.41, 5.74) is 0.304. The van der Waals surface area contributed by atoms with Crippen LogP contribution in [-0.4, -0.2) is 55.2 Å². The maximum Gasteiger partial charge on any atom is 0.341 e. The molecule has 1 amide bonds. The summed E-state index contributed by atoms with van der Waals surface area (Å²) in [6, 6.07) is 6.09. The van der Waals surface area contributed by atoms with Crippen LogP contribution in [0.4, 0.5) is 0 Å². The molecule has 0 aromatic heterocycles. The Kier molecular flexibility index (Phi) is 4.67. The Morgan fingerprint density at radius 2 is 2.14 bits per heavy atom. The number of aliphatic carboxylic acids is 1. The summed E-state index contributed by atoms with van der Waals surface area (Å²) in [6.45, 7) is -0.146. The van der Waals surface area contributed by atoms with Crippen molar-refractivity contribution in [3.8, 4) is 5.75 Å². The van der Waals surface area contributed by atoms with E-state index in [2.05, 4.69) is 0 Å². The Hall–Kier alpha value is -2.13. The maximum atomic E-state index is 12.3. The van der Waals surface area contributed by atoms with E-state index < -0.39 is 27.8 Å². The van der Waals surface area contributed by atoms with E-state index in [0.717, 1.165) is 0 Å². The first-order valence-electron chi connectivity index (χ1n) is 6.53. The van der Waals surface area contributed by atoms with E-state index in [9.17, 15) is 18.0 Å². The Morgan fingerprint density at radius 1 is 1.41 bits per heavy atom. The summed E-state index contributed by atoms with van der Waals surface area (Å²) < 4.78 is 27.6. The topological polar surface area (TPSA) is 127 Å². The van der Waals surface area contributed by atoms with Gasteiger partial charge in [-0.3, -0.25) is 4.79 Å². The van der Waals surface area contributed by atoms with Crippen molar-refractivity contribution in [3.05, 3.63) is 29.8 Å². The number of sulfonamides is 1. The highest BCUT2D eigenvalue weighted by atomic mass is 32.2. The normalized spacial score (nSPS) is 18.2. The number of carboxylic acid groups (broad SMARTS) is 1. The number of likely N-dealkylation sites (tertiary alicyclic amines) is 1. The van der Waals surface area contributed by atoms with Crippen LogP contribution in [0.15, 0.2) is 24.3 Å². The lowest BCUT2D eigenvalue weighted by Gasteiger charge is -2.16. The van der Waals surface area contributed by atoms with Crippen molar-refractivity contribution >= 4 is 21.9 Å². The zero-order valence-electron chi connectivity index (χ0n) is 11.6. The molecule has 0 radical (unpaired) electrons. The fourth-order valence-corrected chi connectivity index (χ4v) is 3.05. The minimum absolute atomic E-state index is 0.0534. The largest absolute Gasteiger partial charge is 0.482 e. The Labute approximate surface area is 127 Å². The van der Waals surface area contributed by atoms with Crippen LogP contribution in [-0.2, 0) is 14.8 Å². The van der Waals surface area contributed by atoms with E-state index in [1.807, 2.05) is 0 Å². The number of ether oxygens (including phenoxy) is 1. The first-order valence-corrected chi connectivity index (χ1v) is 8.14. The van der Waals surface area contributed by atoms with Crippen molar-refractivity contribution in [1.82, 2.24) is 4.90 Å². The van der Waals surface area contributed by atoms with Crippen LogP contribution < -0.4 is 9.88 Å². The number of carbonyl (C=O) groups excluding carboxylic acids is 1. The molecule has 9 heteroatoms. The van der Waals surface area contributed by atoms with E-state index in [1.54, 1.807) is 12.1 Å². The van der Waals surface area contributed by atoms with Gasteiger partial charge in [-0.25, -0.2) is 18.4 Å². The van der Waals surface area contributed by atoms with Crippen molar-refractivity contribution in [2.24, 2.45) is 5.14 Å². The molecule has 0 spiro atoms. The highest BCUT2D eigenvalue weighted by molar-refractivity contribution is 7.89. The number of hydrogen-bond acceptors (Lipinski definition) is 5. The molecular formula is C13H16N2O6S. The molecule has 22 heavy (non-hydrogen) atoms. The van der Waals surface area contributed by atoms with E-state index in [1.165, 1.54) is 17.0 Å². The summed E-state index contributed by atoms with van der Waals surface area (Å²) in [5, 5.41) is 12.9. The molecule has 8 nitrogen and oxygen atoms in total. The van der Waals surface area contributed by atoms with Crippen molar-refractivity contribution in [2.45, 2.75) is 11.7 Å². The summed E-state index contributed by atoms with van der Waals surface area (Å²) >= 11 is 0. The number of rotatable bonds is 5. The van der Waals surface area contributed by atoms with Gasteiger partial charge in [0.25, 0.3) is 5.91 Å². The molecule has 1 aromatic rings. The van der Waals surface area contributed by atoms with E-state index in [-0.39, 0.29) is 18.2 Å². The minimum atomic E-state index is -3.66. The predicted molar refractivity (Wildman–Crippen MR) is 77.0 cm³/mol. The van der Waals surface area contributed by atoms with Gasteiger partial charge >= 0.3 is 5.97 Å². The third-order valence-corrected chi connectivity index (χ3v) is 4.65. The van der Waals surface area contributed by atoms with Gasteiger partial charge in [0.1, 0.15) is 5.75 Å². The molecule has 1 heterocycles. The second-order valence-electron chi connectivity index (χ2n) is 4.96. The summed E-state index contributed by atoms with van der Waals surface area (Å²) in [5.74, 6) is -1.20. The summed E-state index contributed by atoms with van der Waals surface area (Å²) in [4.78, 5) is 24.2. The highest BCUT2D eigenvalue weighted by Crippen LogP contribution is 2.20. The molecule has 1 atom stereocenters. The zero-order chi connectivity index (χ0) is 16.3. The van der Waals surface area contributed by atoms with Crippen molar-refractivity contribution in [1.29, 1.82) is 0 Å². The van der Waals surface area contributed by atoms with Crippen LogP contribution in [0.3, 0.4) is 0 Å². The van der Waals surface area contributed by atoms with Gasteiger partial charge in [0, 0.05) is 18.7 Å². The van der Waals surface area contributed by atoms with Crippen LogP contribution in [0.5, 0.6) is 5.75 Å². The fourth-order valence-electron chi connectivity index (χ4n) is 2.23. The monoisotopic (exact) mass is 328 g/mol. The maximum absolute atomic E-state index is 12.3. The van der Waals surface area contributed by atoms with Crippen LogP contribution >= 0.6 is 0 Å². The van der Waals surface area contributed by atoms with Gasteiger partial charge < -0.3 is 14.7 Å². The van der Waals surface area contributed by atoms with Crippen LogP contribution in [0, 0.1) is 0 Å². The quantitative estimate of drug-likeness (QED) is 0.761. The van der Waals surface area contributed by atoms with E-state index in [0.29, 0.717) is 18.5 Å². The lowest BCUT2D eigenvalue weighted by atomic mass is 10.2. The minimum Gasteiger partial charge on any atom is -0.482 e. The smallest absolute Gasteiger partial charge is 0.341 e. The number of nitrogens with zero attached hydrogens (tertiary/aromatic N) is 1. The number of primary sulfonamides is 1. The van der Waals surface area contributed by atoms with E-state index in [4.69, 9.17) is 15.0 Å². The standard InChI is InChI=1S/C13H16N2O6S/c14-22(19,20)11-4-5-15(7-11)13(18)9-2-1-3-10(6-9)21-8-12(16)17/h1-3,6,11H,4-5,7-8H2,(H,16,17)(H2,14,19,20). The number of carboxylic acids is 1. The van der Waals surface area contributed by atoms with Gasteiger partial charge in [0.05, 0.1) is 5.25 Å². The Balaban J connectivity index is 2.07. The molecule has 1 fully saturated rings. The molecule has 0 aliphatic carbocycles.